The highest BCUT2D eigenvalue weighted by atomic mass is 32.3. The van der Waals surface area contributed by atoms with Crippen LogP contribution in [0.4, 0.5) is 8.28 Å². The molecule has 0 saturated heterocycles. The molecule has 0 saturated carbocycles. The average molecular weight is 192 g/mol. The maximum Gasteiger partial charge on any atom is 0.332 e. The minimum atomic E-state index is -4.80. The lowest BCUT2D eigenvalue weighted by atomic mass is 10.2. The van der Waals surface area contributed by atoms with E-state index in [0.717, 1.165) is 18.2 Å². The van der Waals surface area contributed by atoms with Crippen molar-refractivity contribution in [2.45, 2.75) is 11.8 Å². The van der Waals surface area contributed by atoms with E-state index in [9.17, 15) is 16.7 Å². The summed E-state index contributed by atoms with van der Waals surface area (Å²) >= 11 is 0. The SMILES string of the molecule is Cc1c(F)cccc1S(=O)(=O)F. The summed E-state index contributed by atoms with van der Waals surface area (Å²) in [5.74, 6) is -0.728. The van der Waals surface area contributed by atoms with Gasteiger partial charge in [-0.2, -0.15) is 8.42 Å². The van der Waals surface area contributed by atoms with E-state index in [1.807, 2.05) is 0 Å². The second-order valence-electron chi connectivity index (χ2n) is 2.30. The lowest BCUT2D eigenvalue weighted by molar-refractivity contribution is 0.547. The minimum absolute atomic E-state index is 0.194. The van der Waals surface area contributed by atoms with E-state index in [0.29, 0.717) is 0 Å². The highest BCUT2D eigenvalue weighted by molar-refractivity contribution is 7.86. The van der Waals surface area contributed by atoms with Crippen molar-refractivity contribution < 1.29 is 16.7 Å². The van der Waals surface area contributed by atoms with Gasteiger partial charge in [0, 0.05) is 5.56 Å². The van der Waals surface area contributed by atoms with E-state index in [4.69, 9.17) is 0 Å². The predicted octanol–water partition coefficient (Wildman–Crippen LogP) is 1.79. The Bertz CT molecular complexity index is 398. The molecule has 0 aromatic heterocycles. The molecule has 0 heterocycles. The van der Waals surface area contributed by atoms with E-state index < -0.39 is 20.9 Å². The Kier molecular flexibility index (Phi) is 2.14. The normalized spacial score (nSPS) is 11.6. The zero-order valence-electron chi connectivity index (χ0n) is 6.21. The molecule has 0 atom stereocenters. The van der Waals surface area contributed by atoms with Crippen LogP contribution in [0.15, 0.2) is 23.1 Å². The zero-order chi connectivity index (χ0) is 9.35. The molecule has 0 radical (unpaired) electrons. The van der Waals surface area contributed by atoms with Crippen LogP contribution < -0.4 is 0 Å². The fourth-order valence-electron chi connectivity index (χ4n) is 0.852. The minimum Gasteiger partial charge on any atom is -0.207 e. The first-order chi connectivity index (χ1) is 5.43. The van der Waals surface area contributed by atoms with Gasteiger partial charge in [-0.1, -0.05) is 6.07 Å². The Balaban J connectivity index is 3.47. The van der Waals surface area contributed by atoms with Crippen molar-refractivity contribution in [1.29, 1.82) is 0 Å². The molecule has 0 unspecified atom stereocenters. The molecule has 0 aliphatic rings. The Morgan fingerprint density at radius 1 is 1.33 bits per heavy atom. The Morgan fingerprint density at radius 3 is 2.33 bits per heavy atom. The van der Waals surface area contributed by atoms with E-state index in [2.05, 4.69) is 0 Å². The highest BCUT2D eigenvalue weighted by Crippen LogP contribution is 2.19. The van der Waals surface area contributed by atoms with Crippen molar-refractivity contribution in [3.63, 3.8) is 0 Å². The van der Waals surface area contributed by atoms with Crippen molar-refractivity contribution in [1.82, 2.24) is 0 Å². The van der Waals surface area contributed by atoms with Gasteiger partial charge >= 0.3 is 10.2 Å². The van der Waals surface area contributed by atoms with Crippen LogP contribution in [0.3, 0.4) is 0 Å². The van der Waals surface area contributed by atoms with Crippen molar-refractivity contribution >= 4 is 10.2 Å². The summed E-state index contributed by atoms with van der Waals surface area (Å²) in [4.78, 5) is -0.609. The maximum absolute atomic E-state index is 12.7. The lowest BCUT2D eigenvalue weighted by Gasteiger charge is -2.00. The van der Waals surface area contributed by atoms with Crippen LogP contribution >= 0.6 is 0 Å². The molecule has 0 aliphatic heterocycles. The number of hydrogen-bond donors (Lipinski definition) is 0. The monoisotopic (exact) mass is 192 g/mol. The largest absolute Gasteiger partial charge is 0.332 e. The van der Waals surface area contributed by atoms with Gasteiger partial charge in [-0.05, 0) is 19.1 Å². The molecule has 0 N–H and O–H groups in total. The molecule has 1 rings (SSSR count). The van der Waals surface area contributed by atoms with Gasteiger partial charge in [-0.3, -0.25) is 0 Å². The van der Waals surface area contributed by atoms with Gasteiger partial charge in [0.1, 0.15) is 10.7 Å². The number of rotatable bonds is 1. The first-order valence-electron chi connectivity index (χ1n) is 3.12. The van der Waals surface area contributed by atoms with Crippen LogP contribution in [0.2, 0.25) is 0 Å². The van der Waals surface area contributed by atoms with Gasteiger partial charge in [0.15, 0.2) is 0 Å². The van der Waals surface area contributed by atoms with E-state index in [-0.39, 0.29) is 5.56 Å². The average Bonchev–Trinajstić information content (AvgIpc) is 1.92. The van der Waals surface area contributed by atoms with Gasteiger partial charge in [-0.25, -0.2) is 4.39 Å². The van der Waals surface area contributed by atoms with Crippen LogP contribution in [-0.4, -0.2) is 8.42 Å². The van der Waals surface area contributed by atoms with Crippen LogP contribution in [0.5, 0.6) is 0 Å². The molecule has 1 aromatic rings. The van der Waals surface area contributed by atoms with Crippen LogP contribution in [0, 0.1) is 12.7 Å². The molecule has 0 aliphatic carbocycles. The molecule has 0 bridgehead atoms. The molecular formula is C7H6F2O2S. The van der Waals surface area contributed by atoms with Gasteiger partial charge in [0.2, 0.25) is 0 Å². The quantitative estimate of drug-likeness (QED) is 0.636. The summed E-state index contributed by atoms with van der Waals surface area (Å²) in [6, 6.07) is 3.24. The molecule has 2 nitrogen and oxygen atoms in total. The fourth-order valence-corrected chi connectivity index (χ4v) is 1.56. The molecular weight excluding hydrogens is 186 g/mol. The van der Waals surface area contributed by atoms with Gasteiger partial charge in [0.05, 0.1) is 0 Å². The van der Waals surface area contributed by atoms with Gasteiger partial charge in [0.25, 0.3) is 0 Å². The summed E-state index contributed by atoms with van der Waals surface area (Å²) in [5, 5.41) is 0. The standard InChI is InChI=1S/C7H6F2O2S/c1-5-6(8)3-2-4-7(5)12(9,10)11/h2-4H,1H3. The number of benzene rings is 1. The Labute approximate surface area is 69.0 Å². The Morgan fingerprint density at radius 2 is 1.92 bits per heavy atom. The maximum atomic E-state index is 12.7. The molecule has 1 aromatic carbocycles. The van der Waals surface area contributed by atoms with E-state index in [1.165, 1.54) is 6.92 Å². The topological polar surface area (TPSA) is 34.1 Å². The third-order valence-corrected chi connectivity index (χ3v) is 2.45. The first kappa shape index (κ1) is 9.12. The summed E-state index contributed by atoms with van der Waals surface area (Å²) in [6.07, 6.45) is 0. The third kappa shape index (κ3) is 1.61. The van der Waals surface area contributed by atoms with Crippen molar-refractivity contribution in [2.24, 2.45) is 0 Å². The summed E-state index contributed by atoms with van der Waals surface area (Å²) in [5.41, 5.74) is -0.194. The van der Waals surface area contributed by atoms with Gasteiger partial charge < -0.3 is 0 Å². The molecule has 0 amide bonds. The van der Waals surface area contributed by atoms with Crippen LogP contribution in [0.1, 0.15) is 5.56 Å². The predicted molar refractivity (Wildman–Crippen MR) is 39.4 cm³/mol. The summed E-state index contributed by atoms with van der Waals surface area (Å²) in [7, 11) is -4.80. The fraction of sp³-hybridized carbons (Fsp3) is 0.143. The zero-order valence-corrected chi connectivity index (χ0v) is 7.03. The van der Waals surface area contributed by atoms with Crippen molar-refractivity contribution in [2.75, 3.05) is 0 Å². The van der Waals surface area contributed by atoms with E-state index in [1.54, 1.807) is 0 Å². The second kappa shape index (κ2) is 2.82. The lowest BCUT2D eigenvalue weighted by Crippen LogP contribution is -1.97. The van der Waals surface area contributed by atoms with Crippen LogP contribution in [0.25, 0.3) is 0 Å². The second-order valence-corrected chi connectivity index (χ2v) is 3.62. The molecule has 0 fully saturated rings. The van der Waals surface area contributed by atoms with Crippen LogP contribution in [-0.2, 0) is 10.2 Å². The number of hydrogen-bond acceptors (Lipinski definition) is 2. The third-order valence-electron chi connectivity index (χ3n) is 1.48. The van der Waals surface area contributed by atoms with Crippen molar-refractivity contribution in [3.8, 4) is 0 Å². The Hall–Kier alpha value is -0.970. The number of halogens is 2. The van der Waals surface area contributed by atoms with Gasteiger partial charge in [-0.15, -0.1) is 3.89 Å². The molecule has 66 valence electrons. The molecule has 5 heteroatoms. The highest BCUT2D eigenvalue weighted by Gasteiger charge is 2.16. The van der Waals surface area contributed by atoms with E-state index >= 15 is 0 Å². The molecule has 12 heavy (non-hydrogen) atoms. The summed E-state index contributed by atoms with van der Waals surface area (Å²) in [6.45, 7) is 1.21. The summed E-state index contributed by atoms with van der Waals surface area (Å²) < 4.78 is 45.8. The smallest absolute Gasteiger partial charge is 0.207 e. The van der Waals surface area contributed by atoms with Crippen molar-refractivity contribution in [3.05, 3.63) is 29.6 Å². The first-order valence-corrected chi connectivity index (χ1v) is 4.51. The molecule has 0 spiro atoms.